The van der Waals surface area contributed by atoms with Crippen LogP contribution in [0.2, 0.25) is 0 Å². The number of hydrogen-bond acceptors (Lipinski definition) is 8. The quantitative estimate of drug-likeness (QED) is 0.413. The van der Waals surface area contributed by atoms with Crippen LogP contribution in [0.25, 0.3) is 16.3 Å². The summed E-state index contributed by atoms with van der Waals surface area (Å²) in [6.07, 6.45) is 2.99. The van der Waals surface area contributed by atoms with Gasteiger partial charge in [0.25, 0.3) is 0 Å². The van der Waals surface area contributed by atoms with Crippen LogP contribution in [0, 0.1) is 0 Å². The van der Waals surface area contributed by atoms with Crippen molar-refractivity contribution in [3.8, 4) is 0 Å². The summed E-state index contributed by atoms with van der Waals surface area (Å²) in [6, 6.07) is -0.193. The average molecular weight is 598 g/mol. The molecule has 0 bridgehead atoms. The summed E-state index contributed by atoms with van der Waals surface area (Å²) in [5, 5.41) is 23.1. The average Bonchev–Trinajstić information content (AvgIpc) is 3.26. The van der Waals surface area contributed by atoms with Gasteiger partial charge in [0.05, 0.1) is 19.0 Å². The molecule has 1 aliphatic rings. The zero-order valence-electron chi connectivity index (χ0n) is 16.6. The van der Waals surface area contributed by atoms with Gasteiger partial charge in [0, 0.05) is 45.6 Å². The van der Waals surface area contributed by atoms with Crippen LogP contribution in [0.5, 0.6) is 0 Å². The molecule has 1 fully saturated rings. The Balaban J connectivity index is 0.00000300. The first-order valence-electron chi connectivity index (χ1n) is 9.36. The van der Waals surface area contributed by atoms with Gasteiger partial charge in [0.1, 0.15) is 10.2 Å². The van der Waals surface area contributed by atoms with Gasteiger partial charge in [-0.3, -0.25) is 0 Å². The van der Waals surface area contributed by atoms with Gasteiger partial charge in [0.15, 0.2) is 17.0 Å². The minimum atomic E-state index is -3.96. The Bertz CT molecular complexity index is 932. The van der Waals surface area contributed by atoms with Crippen molar-refractivity contribution in [3.05, 3.63) is 11.5 Å². The first kappa shape index (κ1) is 23.9. The molecule has 11 nitrogen and oxygen atoms in total. The second-order valence-corrected chi connectivity index (χ2v) is 8.71. The number of aromatic nitrogens is 4. The van der Waals surface area contributed by atoms with E-state index in [2.05, 4.69) is 25.6 Å². The molecular weight excluding hydrogens is 571 g/mol. The van der Waals surface area contributed by atoms with Crippen molar-refractivity contribution in [1.29, 1.82) is 0 Å². The molecule has 0 saturated carbocycles. The maximum Gasteiger partial charge on any atom is 0.227 e. The molecule has 2 atom stereocenters. The summed E-state index contributed by atoms with van der Waals surface area (Å²) >= 11 is 0. The fraction of sp³-hybridized carbons (Fsp3) is 0.688. The molecule has 0 aliphatic carbocycles. The molecular formula is C16H27N8O3ReS-. The van der Waals surface area contributed by atoms with Gasteiger partial charge in [-0.2, -0.15) is 9.97 Å². The smallest absolute Gasteiger partial charge is 0.227 e. The number of fused-ring (bicyclic) bond motifs is 1. The van der Waals surface area contributed by atoms with E-state index in [4.69, 9.17) is 5.14 Å². The molecule has 1 radical (unpaired) electrons. The van der Waals surface area contributed by atoms with Crippen molar-refractivity contribution in [2.45, 2.75) is 51.7 Å². The number of imidazole rings is 1. The minimum absolute atomic E-state index is 0. The van der Waals surface area contributed by atoms with Crippen LogP contribution >= 0.6 is 0 Å². The SMILES string of the molecule is CCC(CO)Nc1nc(NC2CCN(S([NH-])(=O)=O)C2)c2ncn(C(C)C)c2n1.[Re]. The maximum atomic E-state index is 11.5. The zero-order chi connectivity index (χ0) is 20.5. The Morgan fingerprint density at radius 2 is 2.10 bits per heavy atom. The Labute approximate surface area is 184 Å². The molecule has 0 aromatic carbocycles. The number of rotatable bonds is 8. The summed E-state index contributed by atoms with van der Waals surface area (Å²) in [6.45, 7) is 6.48. The summed E-state index contributed by atoms with van der Waals surface area (Å²) in [7, 11) is -3.96. The Kier molecular flexibility index (Phi) is 7.95. The van der Waals surface area contributed by atoms with Crippen LogP contribution in [0.1, 0.15) is 39.7 Å². The Morgan fingerprint density at radius 1 is 1.38 bits per heavy atom. The third kappa shape index (κ3) is 5.42. The van der Waals surface area contributed by atoms with Crippen LogP contribution in [-0.2, 0) is 30.6 Å². The van der Waals surface area contributed by atoms with Crippen molar-refractivity contribution in [2.75, 3.05) is 30.3 Å². The molecule has 1 saturated heterocycles. The molecule has 163 valence electrons. The summed E-state index contributed by atoms with van der Waals surface area (Å²) in [5.74, 6) is 0.884. The van der Waals surface area contributed by atoms with Gasteiger partial charge >= 0.3 is 0 Å². The van der Waals surface area contributed by atoms with Gasteiger partial charge < -0.3 is 25.4 Å². The standard InChI is InChI=1S/C16H27N8O3S.Re/c1-4-11(8-25)20-16-21-14(13-15(22-16)24(9-18-13)10(2)3)19-12-5-6-23(7-12)28(17,26)27;/h9-12,25H,4-8H2,1-3H3,(H3-,17,19,20,21,22,26,27);/q-1;. The zero-order valence-corrected chi connectivity index (χ0v) is 20.2. The number of hydrogen-bond donors (Lipinski definition) is 3. The van der Waals surface area contributed by atoms with Gasteiger partial charge in [-0.25, -0.2) is 17.7 Å². The number of aliphatic hydroxyl groups excluding tert-OH is 1. The fourth-order valence-corrected chi connectivity index (χ4v) is 3.90. The fourth-order valence-electron chi connectivity index (χ4n) is 3.18. The van der Waals surface area contributed by atoms with Crippen molar-refractivity contribution >= 4 is 33.1 Å². The molecule has 29 heavy (non-hydrogen) atoms. The maximum absolute atomic E-state index is 11.5. The van der Waals surface area contributed by atoms with Crippen molar-refractivity contribution < 1.29 is 33.9 Å². The van der Waals surface area contributed by atoms with Crippen molar-refractivity contribution in [1.82, 2.24) is 23.8 Å². The van der Waals surface area contributed by atoms with E-state index in [0.29, 0.717) is 42.3 Å². The number of nitrogens with one attached hydrogen (secondary N) is 3. The number of anilines is 2. The predicted molar refractivity (Wildman–Crippen MR) is 107 cm³/mol. The van der Waals surface area contributed by atoms with Crippen molar-refractivity contribution in [2.24, 2.45) is 0 Å². The van der Waals surface area contributed by atoms with Crippen LogP contribution in [-0.4, -0.2) is 69.1 Å². The molecule has 3 heterocycles. The van der Waals surface area contributed by atoms with Crippen LogP contribution in [0.4, 0.5) is 11.8 Å². The van der Waals surface area contributed by atoms with Gasteiger partial charge in [-0.1, -0.05) is 6.92 Å². The van der Waals surface area contributed by atoms with E-state index < -0.39 is 10.2 Å². The van der Waals surface area contributed by atoms with E-state index >= 15 is 0 Å². The second kappa shape index (κ2) is 9.63. The van der Waals surface area contributed by atoms with E-state index in [1.807, 2.05) is 25.3 Å². The largest absolute Gasteiger partial charge is 0.550 e. The molecule has 1 aliphatic heterocycles. The molecule has 3 rings (SSSR count). The minimum Gasteiger partial charge on any atom is -0.550 e. The molecule has 4 N–H and O–H groups in total. The van der Waals surface area contributed by atoms with Gasteiger partial charge in [0.2, 0.25) is 5.95 Å². The molecule has 2 aromatic heterocycles. The molecule has 2 unspecified atom stereocenters. The van der Waals surface area contributed by atoms with E-state index in [0.717, 1.165) is 4.31 Å². The van der Waals surface area contributed by atoms with E-state index in [1.54, 1.807) is 6.33 Å². The third-order valence-corrected chi connectivity index (χ3v) is 5.87. The first-order chi connectivity index (χ1) is 13.2. The van der Waals surface area contributed by atoms with E-state index in [-0.39, 0.29) is 51.7 Å². The normalized spacial score (nSPS) is 18.8. The van der Waals surface area contributed by atoms with Crippen LogP contribution in [0.3, 0.4) is 0 Å². The van der Waals surface area contributed by atoms with Crippen LogP contribution < -0.4 is 10.6 Å². The van der Waals surface area contributed by atoms with Crippen LogP contribution in [0.15, 0.2) is 6.33 Å². The third-order valence-electron chi connectivity index (χ3n) is 4.86. The molecule has 2 aromatic rings. The summed E-state index contributed by atoms with van der Waals surface area (Å²) in [5.41, 5.74) is 1.26. The van der Waals surface area contributed by atoms with E-state index in [9.17, 15) is 13.5 Å². The monoisotopic (exact) mass is 598 g/mol. The predicted octanol–water partition coefficient (Wildman–Crippen LogP) is 1.37. The first-order valence-corrected chi connectivity index (χ1v) is 10.8. The number of nitrogens with zero attached hydrogens (tertiary/aromatic N) is 5. The number of aliphatic hydroxyl groups is 1. The van der Waals surface area contributed by atoms with Gasteiger partial charge in [-0.05, 0) is 26.7 Å². The topological polar surface area (TPSA) is 149 Å². The summed E-state index contributed by atoms with van der Waals surface area (Å²) < 4.78 is 26.0. The molecule has 0 amide bonds. The Morgan fingerprint density at radius 3 is 2.66 bits per heavy atom. The van der Waals surface area contributed by atoms with Gasteiger partial charge in [-0.15, -0.1) is 0 Å². The molecule has 0 spiro atoms. The van der Waals surface area contributed by atoms with E-state index in [1.165, 1.54) is 0 Å². The second-order valence-electron chi connectivity index (χ2n) is 7.24. The summed E-state index contributed by atoms with van der Waals surface area (Å²) in [4.78, 5) is 13.5. The molecule has 13 heteroatoms. The Hall–Kier alpha value is -1.36. The van der Waals surface area contributed by atoms with Crippen molar-refractivity contribution in [3.63, 3.8) is 0 Å².